The van der Waals surface area contributed by atoms with Gasteiger partial charge in [-0.25, -0.2) is 0 Å². The van der Waals surface area contributed by atoms with Crippen LogP contribution in [0.25, 0.3) is 0 Å². The summed E-state index contributed by atoms with van der Waals surface area (Å²) < 4.78 is 12.1. The Bertz CT molecular complexity index is 816. The third-order valence-corrected chi connectivity index (χ3v) is 7.00. The Labute approximate surface area is 207 Å². The van der Waals surface area contributed by atoms with E-state index in [2.05, 4.69) is 37.3 Å². The lowest BCUT2D eigenvalue weighted by molar-refractivity contribution is -0.151. The SMILES string of the molecule is CCCCCCCCCCCC(=O)OC1CCCCC1c1cccc(OCc2ccccc2)c1. The first-order chi connectivity index (χ1) is 16.8. The van der Waals surface area contributed by atoms with Gasteiger partial charge in [0, 0.05) is 12.3 Å². The number of hydrogen-bond acceptors (Lipinski definition) is 3. The lowest BCUT2D eigenvalue weighted by atomic mass is 9.81. The van der Waals surface area contributed by atoms with E-state index in [-0.39, 0.29) is 18.0 Å². The lowest BCUT2D eigenvalue weighted by Gasteiger charge is -2.31. The van der Waals surface area contributed by atoms with E-state index >= 15 is 0 Å². The van der Waals surface area contributed by atoms with Crippen LogP contribution in [0.2, 0.25) is 0 Å². The normalized spacial score (nSPS) is 17.9. The summed E-state index contributed by atoms with van der Waals surface area (Å²) in [6.07, 6.45) is 16.2. The van der Waals surface area contributed by atoms with Crippen LogP contribution in [0.15, 0.2) is 54.6 Å². The number of hydrogen-bond donors (Lipinski definition) is 0. The van der Waals surface area contributed by atoms with Gasteiger partial charge in [-0.05, 0) is 48.9 Å². The Hall–Kier alpha value is -2.29. The molecule has 2 aromatic rings. The molecule has 0 aromatic heterocycles. The van der Waals surface area contributed by atoms with Crippen molar-refractivity contribution in [3.05, 3.63) is 65.7 Å². The molecule has 3 rings (SSSR count). The molecule has 1 saturated carbocycles. The van der Waals surface area contributed by atoms with E-state index in [9.17, 15) is 4.79 Å². The van der Waals surface area contributed by atoms with Gasteiger partial charge in [-0.1, -0.05) is 107 Å². The van der Waals surface area contributed by atoms with Crippen molar-refractivity contribution in [3.8, 4) is 5.75 Å². The zero-order chi connectivity index (χ0) is 23.8. The van der Waals surface area contributed by atoms with Gasteiger partial charge in [0.05, 0.1) is 0 Å². The zero-order valence-corrected chi connectivity index (χ0v) is 21.2. The average molecular weight is 465 g/mol. The molecule has 0 radical (unpaired) electrons. The van der Waals surface area contributed by atoms with Crippen molar-refractivity contribution in [2.75, 3.05) is 0 Å². The van der Waals surface area contributed by atoms with Gasteiger partial charge in [-0.15, -0.1) is 0 Å². The molecular formula is C31H44O3. The summed E-state index contributed by atoms with van der Waals surface area (Å²) in [6.45, 7) is 2.82. The summed E-state index contributed by atoms with van der Waals surface area (Å²) in [4.78, 5) is 12.6. The largest absolute Gasteiger partial charge is 0.489 e. The van der Waals surface area contributed by atoms with Crippen LogP contribution in [-0.4, -0.2) is 12.1 Å². The third-order valence-electron chi connectivity index (χ3n) is 7.00. The molecule has 0 aliphatic heterocycles. The first-order valence-corrected chi connectivity index (χ1v) is 13.7. The summed E-state index contributed by atoms with van der Waals surface area (Å²) in [7, 11) is 0. The summed E-state index contributed by atoms with van der Waals surface area (Å²) in [5.74, 6) is 1.13. The maximum atomic E-state index is 12.6. The standard InChI is InChI=1S/C31H44O3/c1-2-3-4-5-6-7-8-9-13-23-31(32)34-30-22-15-14-21-29(30)27-19-16-20-28(24-27)33-25-26-17-11-10-12-18-26/h10-12,16-20,24,29-30H,2-9,13-15,21-23,25H2,1H3. The van der Waals surface area contributed by atoms with Crippen LogP contribution < -0.4 is 4.74 Å². The molecule has 2 aromatic carbocycles. The summed E-state index contributed by atoms with van der Waals surface area (Å²) >= 11 is 0. The lowest BCUT2D eigenvalue weighted by Crippen LogP contribution is -2.28. The Morgan fingerprint density at radius 1 is 0.824 bits per heavy atom. The molecule has 3 nitrogen and oxygen atoms in total. The Morgan fingerprint density at radius 2 is 1.53 bits per heavy atom. The average Bonchev–Trinajstić information content (AvgIpc) is 2.87. The minimum absolute atomic E-state index is 0.0100. The van der Waals surface area contributed by atoms with E-state index in [0.29, 0.717) is 13.0 Å². The topological polar surface area (TPSA) is 35.5 Å². The fraction of sp³-hybridized carbons (Fsp3) is 0.581. The van der Waals surface area contributed by atoms with Gasteiger partial charge in [-0.2, -0.15) is 0 Å². The van der Waals surface area contributed by atoms with Crippen LogP contribution >= 0.6 is 0 Å². The Kier molecular flexibility index (Phi) is 12.1. The van der Waals surface area contributed by atoms with Crippen molar-refractivity contribution in [1.82, 2.24) is 0 Å². The number of benzene rings is 2. The number of carbonyl (C=O) groups is 1. The number of unbranched alkanes of at least 4 members (excludes halogenated alkanes) is 8. The van der Waals surface area contributed by atoms with Crippen LogP contribution in [0.5, 0.6) is 5.75 Å². The molecule has 2 atom stereocenters. The van der Waals surface area contributed by atoms with E-state index in [1.807, 2.05) is 24.3 Å². The molecule has 1 fully saturated rings. The van der Waals surface area contributed by atoms with Gasteiger partial charge in [0.15, 0.2) is 0 Å². The molecule has 34 heavy (non-hydrogen) atoms. The van der Waals surface area contributed by atoms with Gasteiger partial charge in [0.25, 0.3) is 0 Å². The van der Waals surface area contributed by atoms with Gasteiger partial charge in [0.1, 0.15) is 18.5 Å². The first-order valence-electron chi connectivity index (χ1n) is 13.7. The highest BCUT2D eigenvalue weighted by molar-refractivity contribution is 5.69. The van der Waals surface area contributed by atoms with Gasteiger partial charge in [-0.3, -0.25) is 4.79 Å². The molecule has 3 heteroatoms. The van der Waals surface area contributed by atoms with Crippen LogP contribution in [0.3, 0.4) is 0 Å². The van der Waals surface area contributed by atoms with Gasteiger partial charge < -0.3 is 9.47 Å². The van der Waals surface area contributed by atoms with Crippen molar-refractivity contribution in [1.29, 1.82) is 0 Å². The van der Waals surface area contributed by atoms with Gasteiger partial charge >= 0.3 is 5.97 Å². The summed E-state index contributed by atoms with van der Waals surface area (Å²) in [6, 6.07) is 18.6. The predicted molar refractivity (Wildman–Crippen MR) is 140 cm³/mol. The van der Waals surface area contributed by atoms with E-state index < -0.39 is 0 Å². The second-order valence-electron chi connectivity index (χ2n) is 9.84. The Balaban J connectivity index is 1.42. The molecule has 1 aliphatic rings. The van der Waals surface area contributed by atoms with Crippen molar-refractivity contribution in [2.24, 2.45) is 0 Å². The zero-order valence-electron chi connectivity index (χ0n) is 21.2. The predicted octanol–water partition coefficient (Wildman–Crippen LogP) is 8.76. The van der Waals surface area contributed by atoms with Crippen LogP contribution in [-0.2, 0) is 16.1 Å². The molecule has 0 spiro atoms. The van der Waals surface area contributed by atoms with Gasteiger partial charge in [0.2, 0.25) is 0 Å². The number of rotatable bonds is 15. The second kappa shape index (κ2) is 15.6. The van der Waals surface area contributed by atoms with Crippen molar-refractivity contribution < 1.29 is 14.3 Å². The second-order valence-corrected chi connectivity index (χ2v) is 9.84. The smallest absolute Gasteiger partial charge is 0.306 e. The number of esters is 1. The monoisotopic (exact) mass is 464 g/mol. The minimum atomic E-state index is -0.0173. The fourth-order valence-corrected chi connectivity index (χ4v) is 5.00. The highest BCUT2D eigenvalue weighted by Crippen LogP contribution is 2.36. The van der Waals surface area contributed by atoms with Crippen LogP contribution in [0, 0.1) is 0 Å². The summed E-state index contributed by atoms with van der Waals surface area (Å²) in [5, 5.41) is 0. The van der Waals surface area contributed by atoms with E-state index in [1.54, 1.807) is 0 Å². The number of ether oxygens (including phenoxy) is 2. The fourth-order valence-electron chi connectivity index (χ4n) is 5.00. The molecule has 0 amide bonds. The Morgan fingerprint density at radius 3 is 2.29 bits per heavy atom. The maximum absolute atomic E-state index is 12.6. The highest BCUT2D eigenvalue weighted by atomic mass is 16.5. The molecule has 0 heterocycles. The van der Waals surface area contributed by atoms with E-state index in [0.717, 1.165) is 43.4 Å². The van der Waals surface area contributed by atoms with Crippen molar-refractivity contribution in [2.45, 2.75) is 115 Å². The molecule has 186 valence electrons. The molecule has 0 N–H and O–H groups in total. The molecule has 0 saturated heterocycles. The molecule has 0 bridgehead atoms. The maximum Gasteiger partial charge on any atom is 0.306 e. The van der Waals surface area contributed by atoms with Crippen molar-refractivity contribution in [3.63, 3.8) is 0 Å². The third kappa shape index (κ3) is 9.52. The van der Waals surface area contributed by atoms with Crippen molar-refractivity contribution >= 4 is 5.97 Å². The van der Waals surface area contributed by atoms with Crippen LogP contribution in [0.1, 0.15) is 114 Å². The molecular weight excluding hydrogens is 420 g/mol. The van der Waals surface area contributed by atoms with E-state index in [1.165, 1.54) is 56.9 Å². The first kappa shape index (κ1) is 26.3. The summed E-state index contributed by atoms with van der Waals surface area (Å²) in [5.41, 5.74) is 2.39. The van der Waals surface area contributed by atoms with Crippen LogP contribution in [0.4, 0.5) is 0 Å². The number of carbonyl (C=O) groups excluding carboxylic acids is 1. The quantitative estimate of drug-likeness (QED) is 0.195. The molecule has 2 unspecified atom stereocenters. The minimum Gasteiger partial charge on any atom is -0.489 e. The van der Waals surface area contributed by atoms with E-state index in [4.69, 9.17) is 9.47 Å². The highest BCUT2D eigenvalue weighted by Gasteiger charge is 2.29. The molecule has 1 aliphatic carbocycles.